The Balaban J connectivity index is 2.61. The van der Waals surface area contributed by atoms with E-state index in [1.54, 1.807) is 0 Å². The maximum absolute atomic E-state index is 11.5. The first-order valence-corrected chi connectivity index (χ1v) is 5.64. The fourth-order valence-corrected chi connectivity index (χ4v) is 1.37. The summed E-state index contributed by atoms with van der Waals surface area (Å²) in [6.45, 7) is 4.98. The number of carbonyl (C=O) groups excluding carboxylic acids is 1. The van der Waals surface area contributed by atoms with Crippen molar-refractivity contribution in [2.45, 2.75) is 26.7 Å². The zero-order valence-corrected chi connectivity index (χ0v) is 9.86. The van der Waals surface area contributed by atoms with Crippen LogP contribution in [-0.2, 0) is 16.0 Å². The van der Waals surface area contributed by atoms with E-state index in [1.807, 2.05) is 38.1 Å². The molecule has 0 heterocycles. The fraction of sp³-hybridized carbons (Fsp3) is 0.462. The van der Waals surface area contributed by atoms with Crippen molar-refractivity contribution in [1.29, 1.82) is 0 Å². The number of esters is 1. The van der Waals surface area contributed by atoms with E-state index in [1.165, 1.54) is 0 Å². The largest absolute Gasteiger partial charge is 0.494 e. The van der Waals surface area contributed by atoms with Gasteiger partial charge < -0.3 is 9.47 Å². The Kier molecular flexibility index (Phi) is 5.40. The van der Waals surface area contributed by atoms with Gasteiger partial charge >= 0.3 is 5.97 Å². The van der Waals surface area contributed by atoms with E-state index in [0.29, 0.717) is 13.2 Å². The number of carbonyl (C=O) groups is 1. The summed E-state index contributed by atoms with van der Waals surface area (Å²) in [5, 5.41) is 0. The predicted molar refractivity (Wildman–Crippen MR) is 62.6 cm³/mol. The van der Waals surface area contributed by atoms with Crippen LogP contribution in [-0.4, -0.2) is 19.2 Å². The van der Waals surface area contributed by atoms with E-state index in [4.69, 9.17) is 9.47 Å². The second kappa shape index (κ2) is 6.88. The molecule has 88 valence electrons. The molecule has 0 fully saturated rings. The first-order chi connectivity index (χ1) is 7.77. The topological polar surface area (TPSA) is 35.5 Å². The lowest BCUT2D eigenvalue weighted by Gasteiger charge is -2.09. The zero-order valence-electron chi connectivity index (χ0n) is 9.86. The van der Waals surface area contributed by atoms with Crippen LogP contribution >= 0.6 is 0 Å². The van der Waals surface area contributed by atoms with Gasteiger partial charge in [0.15, 0.2) is 0 Å². The Hall–Kier alpha value is -1.51. The molecule has 0 aromatic heterocycles. The van der Waals surface area contributed by atoms with E-state index in [9.17, 15) is 4.79 Å². The summed E-state index contributed by atoms with van der Waals surface area (Å²) < 4.78 is 10.5. The van der Waals surface area contributed by atoms with Gasteiger partial charge in [-0.05, 0) is 19.4 Å². The number of hydrogen-bond acceptors (Lipinski definition) is 3. The minimum absolute atomic E-state index is 0.200. The van der Waals surface area contributed by atoms with Gasteiger partial charge in [0.1, 0.15) is 5.75 Å². The van der Waals surface area contributed by atoms with Gasteiger partial charge in [0, 0.05) is 5.56 Å². The molecule has 0 saturated carbocycles. The standard InChI is InChI=1S/C13H18O3/c1-3-9-16-13(14)10-11-7-5-6-8-12(11)15-4-2/h5-8H,3-4,9-10H2,1-2H3. The summed E-state index contributed by atoms with van der Waals surface area (Å²) >= 11 is 0. The number of benzene rings is 1. The predicted octanol–water partition coefficient (Wildman–Crippen LogP) is 2.58. The van der Waals surface area contributed by atoms with E-state index in [0.717, 1.165) is 17.7 Å². The average molecular weight is 222 g/mol. The van der Waals surface area contributed by atoms with Crippen molar-refractivity contribution in [2.24, 2.45) is 0 Å². The molecule has 16 heavy (non-hydrogen) atoms. The summed E-state index contributed by atoms with van der Waals surface area (Å²) in [5.41, 5.74) is 0.880. The number of rotatable bonds is 6. The Morgan fingerprint density at radius 2 is 2.00 bits per heavy atom. The summed E-state index contributed by atoms with van der Waals surface area (Å²) in [7, 11) is 0. The number of para-hydroxylation sites is 1. The molecule has 0 amide bonds. The zero-order chi connectivity index (χ0) is 11.8. The first kappa shape index (κ1) is 12.6. The van der Waals surface area contributed by atoms with Gasteiger partial charge in [0.25, 0.3) is 0 Å². The molecule has 0 unspecified atom stereocenters. The molecule has 0 N–H and O–H groups in total. The third-order valence-corrected chi connectivity index (χ3v) is 2.07. The van der Waals surface area contributed by atoms with Crippen molar-refractivity contribution in [3.8, 4) is 5.75 Å². The minimum Gasteiger partial charge on any atom is -0.494 e. The van der Waals surface area contributed by atoms with Crippen LogP contribution in [0.15, 0.2) is 24.3 Å². The fourth-order valence-electron chi connectivity index (χ4n) is 1.37. The van der Waals surface area contributed by atoms with Crippen molar-refractivity contribution in [1.82, 2.24) is 0 Å². The van der Waals surface area contributed by atoms with Gasteiger partial charge in [-0.15, -0.1) is 0 Å². The highest BCUT2D eigenvalue weighted by Gasteiger charge is 2.08. The third kappa shape index (κ3) is 3.93. The highest BCUT2D eigenvalue weighted by molar-refractivity contribution is 5.73. The van der Waals surface area contributed by atoms with Crippen molar-refractivity contribution < 1.29 is 14.3 Å². The quantitative estimate of drug-likeness (QED) is 0.694. The molecule has 0 spiro atoms. The van der Waals surface area contributed by atoms with E-state index in [-0.39, 0.29) is 12.4 Å². The normalized spacial score (nSPS) is 9.88. The van der Waals surface area contributed by atoms with Crippen LogP contribution < -0.4 is 4.74 Å². The molecule has 0 bridgehead atoms. The molecule has 0 aliphatic carbocycles. The molecule has 0 aliphatic heterocycles. The lowest BCUT2D eigenvalue weighted by molar-refractivity contribution is -0.142. The van der Waals surface area contributed by atoms with E-state index in [2.05, 4.69) is 0 Å². The lowest BCUT2D eigenvalue weighted by Crippen LogP contribution is -2.09. The lowest BCUT2D eigenvalue weighted by atomic mass is 10.1. The Bertz CT molecular complexity index is 334. The number of hydrogen-bond donors (Lipinski definition) is 0. The smallest absolute Gasteiger partial charge is 0.310 e. The van der Waals surface area contributed by atoms with E-state index < -0.39 is 0 Å². The van der Waals surface area contributed by atoms with E-state index >= 15 is 0 Å². The van der Waals surface area contributed by atoms with Crippen LogP contribution in [0, 0.1) is 0 Å². The van der Waals surface area contributed by atoms with Crippen molar-refractivity contribution in [2.75, 3.05) is 13.2 Å². The highest BCUT2D eigenvalue weighted by atomic mass is 16.5. The van der Waals surface area contributed by atoms with Crippen LogP contribution in [0.25, 0.3) is 0 Å². The number of ether oxygens (including phenoxy) is 2. The molecule has 0 radical (unpaired) electrons. The molecular formula is C13H18O3. The van der Waals surface area contributed by atoms with Crippen LogP contribution in [0.4, 0.5) is 0 Å². The van der Waals surface area contributed by atoms with Crippen LogP contribution in [0.2, 0.25) is 0 Å². The van der Waals surface area contributed by atoms with Crippen molar-refractivity contribution >= 4 is 5.97 Å². The third-order valence-electron chi connectivity index (χ3n) is 2.07. The van der Waals surface area contributed by atoms with Gasteiger partial charge in [0.2, 0.25) is 0 Å². The Labute approximate surface area is 96.4 Å². The Morgan fingerprint density at radius 3 is 2.69 bits per heavy atom. The van der Waals surface area contributed by atoms with Gasteiger partial charge in [-0.25, -0.2) is 0 Å². The van der Waals surface area contributed by atoms with Gasteiger partial charge in [-0.1, -0.05) is 25.1 Å². The second-order valence-electron chi connectivity index (χ2n) is 3.44. The van der Waals surface area contributed by atoms with Crippen molar-refractivity contribution in [3.05, 3.63) is 29.8 Å². The van der Waals surface area contributed by atoms with Crippen LogP contribution in [0.3, 0.4) is 0 Å². The summed E-state index contributed by atoms with van der Waals surface area (Å²) in [5.74, 6) is 0.562. The highest BCUT2D eigenvalue weighted by Crippen LogP contribution is 2.18. The van der Waals surface area contributed by atoms with Crippen LogP contribution in [0.1, 0.15) is 25.8 Å². The monoisotopic (exact) mass is 222 g/mol. The molecule has 3 heteroatoms. The maximum Gasteiger partial charge on any atom is 0.310 e. The van der Waals surface area contributed by atoms with Gasteiger partial charge in [-0.3, -0.25) is 4.79 Å². The Morgan fingerprint density at radius 1 is 1.25 bits per heavy atom. The molecule has 1 rings (SSSR count). The minimum atomic E-state index is -0.200. The van der Waals surface area contributed by atoms with Gasteiger partial charge in [0.05, 0.1) is 19.6 Å². The summed E-state index contributed by atoms with van der Waals surface area (Å²) in [6, 6.07) is 7.54. The summed E-state index contributed by atoms with van der Waals surface area (Å²) in [4.78, 5) is 11.5. The first-order valence-electron chi connectivity index (χ1n) is 5.64. The molecule has 1 aromatic carbocycles. The second-order valence-corrected chi connectivity index (χ2v) is 3.44. The molecule has 1 aromatic rings. The SMILES string of the molecule is CCCOC(=O)Cc1ccccc1OCC. The molecule has 0 aliphatic rings. The van der Waals surface area contributed by atoms with Gasteiger partial charge in [-0.2, -0.15) is 0 Å². The molecule has 0 atom stereocenters. The average Bonchev–Trinajstić information content (AvgIpc) is 2.29. The molecular weight excluding hydrogens is 204 g/mol. The van der Waals surface area contributed by atoms with Crippen LogP contribution in [0.5, 0.6) is 5.75 Å². The molecule has 0 saturated heterocycles. The van der Waals surface area contributed by atoms with Crippen molar-refractivity contribution in [3.63, 3.8) is 0 Å². The molecule has 3 nitrogen and oxygen atoms in total. The maximum atomic E-state index is 11.5. The summed E-state index contributed by atoms with van der Waals surface area (Å²) in [6.07, 6.45) is 1.12.